The zero-order valence-electron chi connectivity index (χ0n) is 16.4. The maximum Gasteiger partial charge on any atom is 0.322 e. The number of amides is 3. The first-order valence-corrected chi connectivity index (χ1v) is 9.84. The molecule has 2 N–H and O–H groups in total. The number of carbonyl (C=O) groups excluding carboxylic acids is 2. The largest absolute Gasteiger partial charge is 0.352 e. The summed E-state index contributed by atoms with van der Waals surface area (Å²) in [5.41, 5.74) is 4.44. The lowest BCUT2D eigenvalue weighted by Gasteiger charge is -2.16. The Kier molecular flexibility index (Phi) is 5.75. The molecule has 0 radical (unpaired) electrons. The number of carbonyl (C=O) groups is 2. The maximum absolute atomic E-state index is 12.9. The highest BCUT2D eigenvalue weighted by Gasteiger charge is 2.22. The predicted octanol–water partition coefficient (Wildman–Crippen LogP) is 4.35. The van der Waals surface area contributed by atoms with Gasteiger partial charge in [-0.15, -0.1) is 0 Å². The Morgan fingerprint density at radius 1 is 0.867 bits per heavy atom. The molecule has 3 aromatic carbocycles. The molecule has 6 heteroatoms. The van der Waals surface area contributed by atoms with E-state index in [4.69, 9.17) is 0 Å². The number of hydrogen-bond acceptors (Lipinski definition) is 2. The number of urea groups is 1. The molecule has 0 saturated carbocycles. The Morgan fingerprint density at radius 2 is 1.50 bits per heavy atom. The van der Waals surface area contributed by atoms with Crippen molar-refractivity contribution in [1.29, 1.82) is 0 Å². The number of nitrogens with zero attached hydrogens (tertiary/aromatic N) is 1. The molecule has 5 nitrogen and oxygen atoms in total. The third-order valence-corrected chi connectivity index (χ3v) is 5.14. The minimum Gasteiger partial charge on any atom is -0.352 e. The third-order valence-electron chi connectivity index (χ3n) is 5.14. The SMILES string of the molecule is O=C(NCCc1ccc(F)cc1)c1ccc(NC(=O)N2Cc3ccccc3C2)cc1. The molecule has 1 heterocycles. The van der Waals surface area contributed by atoms with Gasteiger partial charge in [0.15, 0.2) is 0 Å². The van der Waals surface area contributed by atoms with Gasteiger partial charge in [-0.1, -0.05) is 36.4 Å². The highest BCUT2D eigenvalue weighted by atomic mass is 19.1. The van der Waals surface area contributed by atoms with Crippen LogP contribution >= 0.6 is 0 Å². The monoisotopic (exact) mass is 403 g/mol. The molecule has 0 aromatic heterocycles. The van der Waals surface area contributed by atoms with Crippen molar-refractivity contribution in [2.45, 2.75) is 19.5 Å². The molecular formula is C24H22FN3O2. The zero-order valence-corrected chi connectivity index (χ0v) is 16.4. The molecule has 4 rings (SSSR count). The van der Waals surface area contributed by atoms with E-state index < -0.39 is 0 Å². The lowest BCUT2D eigenvalue weighted by atomic mass is 10.1. The van der Waals surface area contributed by atoms with Gasteiger partial charge in [-0.05, 0) is 59.5 Å². The van der Waals surface area contributed by atoms with Crippen molar-refractivity contribution in [1.82, 2.24) is 10.2 Å². The first kappa shape index (κ1) is 19.6. The van der Waals surface area contributed by atoms with E-state index in [0.717, 1.165) is 5.56 Å². The van der Waals surface area contributed by atoms with Gasteiger partial charge in [-0.3, -0.25) is 4.79 Å². The van der Waals surface area contributed by atoms with E-state index in [1.165, 1.54) is 23.3 Å². The van der Waals surface area contributed by atoms with Crippen molar-refractivity contribution in [3.8, 4) is 0 Å². The molecular weight excluding hydrogens is 381 g/mol. The number of halogens is 1. The van der Waals surface area contributed by atoms with Crippen LogP contribution in [-0.4, -0.2) is 23.4 Å². The van der Waals surface area contributed by atoms with Crippen molar-refractivity contribution in [3.63, 3.8) is 0 Å². The minimum absolute atomic E-state index is 0.164. The number of hydrogen-bond donors (Lipinski definition) is 2. The van der Waals surface area contributed by atoms with E-state index in [1.54, 1.807) is 41.3 Å². The lowest BCUT2D eigenvalue weighted by Crippen LogP contribution is -2.30. The van der Waals surface area contributed by atoms with Gasteiger partial charge >= 0.3 is 6.03 Å². The Morgan fingerprint density at radius 3 is 2.13 bits per heavy atom. The van der Waals surface area contributed by atoms with Crippen LogP contribution < -0.4 is 10.6 Å². The Labute approximate surface area is 174 Å². The highest BCUT2D eigenvalue weighted by molar-refractivity contribution is 5.95. The fourth-order valence-corrected chi connectivity index (χ4v) is 3.46. The van der Waals surface area contributed by atoms with E-state index >= 15 is 0 Å². The Balaban J connectivity index is 1.27. The van der Waals surface area contributed by atoms with E-state index in [-0.39, 0.29) is 17.8 Å². The average molecular weight is 403 g/mol. The zero-order chi connectivity index (χ0) is 20.9. The summed E-state index contributed by atoms with van der Waals surface area (Å²) in [4.78, 5) is 26.6. The van der Waals surface area contributed by atoms with Gasteiger partial charge in [0.25, 0.3) is 5.91 Å². The topological polar surface area (TPSA) is 61.4 Å². The van der Waals surface area contributed by atoms with Crippen molar-refractivity contribution < 1.29 is 14.0 Å². The van der Waals surface area contributed by atoms with Gasteiger partial charge in [0, 0.05) is 30.9 Å². The van der Waals surface area contributed by atoms with E-state index in [9.17, 15) is 14.0 Å². The fraction of sp³-hybridized carbons (Fsp3) is 0.167. The summed E-state index contributed by atoms with van der Waals surface area (Å²) in [5.74, 6) is -0.464. The van der Waals surface area contributed by atoms with Crippen molar-refractivity contribution >= 4 is 17.6 Å². The lowest BCUT2D eigenvalue weighted by molar-refractivity contribution is 0.0954. The molecule has 0 spiro atoms. The second-order valence-corrected chi connectivity index (χ2v) is 7.26. The third kappa shape index (κ3) is 4.66. The van der Waals surface area contributed by atoms with Gasteiger partial charge in [0.2, 0.25) is 0 Å². The summed E-state index contributed by atoms with van der Waals surface area (Å²) in [7, 11) is 0. The second kappa shape index (κ2) is 8.78. The normalized spacial score (nSPS) is 12.4. The van der Waals surface area contributed by atoms with Crippen LogP contribution in [0.1, 0.15) is 27.0 Å². The fourth-order valence-electron chi connectivity index (χ4n) is 3.46. The molecule has 3 aromatic rings. The van der Waals surface area contributed by atoms with Gasteiger partial charge in [-0.2, -0.15) is 0 Å². The van der Waals surface area contributed by atoms with E-state index in [0.29, 0.717) is 37.3 Å². The van der Waals surface area contributed by atoms with Crippen LogP contribution in [0.5, 0.6) is 0 Å². The summed E-state index contributed by atoms with van der Waals surface area (Å²) < 4.78 is 12.9. The molecule has 0 bridgehead atoms. The van der Waals surface area contributed by atoms with E-state index in [2.05, 4.69) is 10.6 Å². The van der Waals surface area contributed by atoms with Crippen LogP contribution in [0.4, 0.5) is 14.9 Å². The molecule has 1 aliphatic rings. The number of nitrogens with one attached hydrogen (secondary N) is 2. The van der Waals surface area contributed by atoms with Crippen LogP contribution in [0.15, 0.2) is 72.8 Å². The van der Waals surface area contributed by atoms with Gasteiger partial charge < -0.3 is 15.5 Å². The quantitative estimate of drug-likeness (QED) is 0.666. The molecule has 0 unspecified atom stereocenters. The molecule has 152 valence electrons. The second-order valence-electron chi connectivity index (χ2n) is 7.26. The molecule has 0 fully saturated rings. The molecule has 30 heavy (non-hydrogen) atoms. The first-order chi connectivity index (χ1) is 14.6. The van der Waals surface area contributed by atoms with Crippen LogP contribution in [-0.2, 0) is 19.5 Å². The number of benzene rings is 3. The molecule has 1 aliphatic heterocycles. The smallest absolute Gasteiger partial charge is 0.322 e. The Bertz CT molecular complexity index is 1020. The van der Waals surface area contributed by atoms with Gasteiger partial charge in [0.1, 0.15) is 5.82 Å². The maximum atomic E-state index is 12.9. The molecule has 0 atom stereocenters. The summed E-state index contributed by atoms with van der Waals surface area (Å²) in [6.07, 6.45) is 0.623. The van der Waals surface area contributed by atoms with Crippen LogP contribution in [0.25, 0.3) is 0 Å². The predicted molar refractivity (Wildman–Crippen MR) is 114 cm³/mol. The highest BCUT2D eigenvalue weighted by Crippen LogP contribution is 2.23. The number of fused-ring (bicyclic) bond motifs is 1. The van der Waals surface area contributed by atoms with Crippen molar-refractivity contribution in [3.05, 3.63) is 101 Å². The summed E-state index contributed by atoms with van der Waals surface area (Å²) >= 11 is 0. The van der Waals surface area contributed by atoms with Crippen LogP contribution in [0, 0.1) is 5.82 Å². The van der Waals surface area contributed by atoms with Crippen LogP contribution in [0.2, 0.25) is 0 Å². The standard InChI is InChI=1S/C24H22FN3O2/c25-21-9-5-17(6-10-21)13-14-26-23(29)18-7-11-22(12-8-18)27-24(30)28-15-19-3-1-2-4-20(19)16-28/h1-12H,13-16H2,(H,26,29)(H,27,30). The minimum atomic E-state index is -0.274. The number of rotatable bonds is 5. The van der Waals surface area contributed by atoms with Gasteiger partial charge in [-0.25, -0.2) is 9.18 Å². The van der Waals surface area contributed by atoms with E-state index in [1.807, 2.05) is 24.3 Å². The van der Waals surface area contributed by atoms with Crippen molar-refractivity contribution in [2.24, 2.45) is 0 Å². The van der Waals surface area contributed by atoms with Crippen molar-refractivity contribution in [2.75, 3.05) is 11.9 Å². The molecule has 3 amide bonds. The summed E-state index contributed by atoms with van der Waals surface area (Å²) in [5, 5.41) is 5.73. The first-order valence-electron chi connectivity index (χ1n) is 9.84. The van der Waals surface area contributed by atoms with Gasteiger partial charge in [0.05, 0.1) is 0 Å². The number of anilines is 1. The Hall–Kier alpha value is -3.67. The summed E-state index contributed by atoms with van der Waals surface area (Å²) in [6, 6.07) is 20.9. The van der Waals surface area contributed by atoms with Crippen LogP contribution in [0.3, 0.4) is 0 Å². The summed E-state index contributed by atoms with van der Waals surface area (Å²) in [6.45, 7) is 1.64. The average Bonchev–Trinajstić information content (AvgIpc) is 3.20. The molecule has 0 aliphatic carbocycles. The molecule has 0 saturated heterocycles.